The van der Waals surface area contributed by atoms with E-state index >= 15 is 0 Å². The number of nitrogens with one attached hydrogen (secondary N) is 1. The molecule has 112 valence electrons. The minimum absolute atomic E-state index is 0.00813. The number of ether oxygens (including phenoxy) is 1. The molecular weight excluding hydrogens is 250 g/mol. The number of carbonyl (C=O) groups excluding carboxylic acids is 1. The van der Waals surface area contributed by atoms with Gasteiger partial charge in [-0.2, -0.15) is 0 Å². The van der Waals surface area contributed by atoms with E-state index in [1.165, 1.54) is 0 Å². The highest BCUT2D eigenvalue weighted by atomic mass is 16.5. The molecule has 0 bridgehead atoms. The summed E-state index contributed by atoms with van der Waals surface area (Å²) in [6.45, 7) is 9.38. The van der Waals surface area contributed by atoms with Crippen LogP contribution in [-0.2, 0) is 10.2 Å². The molecule has 0 heterocycles. The molecule has 1 amide bonds. The number of amides is 1. The van der Waals surface area contributed by atoms with Crippen molar-refractivity contribution < 1.29 is 9.53 Å². The first-order valence-corrected chi connectivity index (χ1v) is 7.44. The summed E-state index contributed by atoms with van der Waals surface area (Å²) >= 11 is 0. The molecule has 1 aromatic carbocycles. The Labute approximate surface area is 122 Å². The zero-order valence-electron chi connectivity index (χ0n) is 13.2. The van der Waals surface area contributed by atoms with Crippen LogP contribution in [0.25, 0.3) is 0 Å². The van der Waals surface area contributed by atoms with Crippen molar-refractivity contribution in [2.45, 2.75) is 52.4 Å². The third-order valence-corrected chi connectivity index (χ3v) is 3.16. The van der Waals surface area contributed by atoms with Gasteiger partial charge in [-0.1, -0.05) is 58.7 Å². The van der Waals surface area contributed by atoms with E-state index in [9.17, 15) is 4.79 Å². The maximum atomic E-state index is 11.7. The van der Waals surface area contributed by atoms with E-state index in [1.807, 2.05) is 18.2 Å². The first-order chi connectivity index (χ1) is 9.45. The number of hydrogen-bond donors (Lipinski definition) is 1. The van der Waals surface area contributed by atoms with Crippen LogP contribution < -0.4 is 10.1 Å². The molecule has 1 rings (SSSR count). The lowest BCUT2D eigenvalue weighted by Gasteiger charge is -2.22. The Morgan fingerprint density at radius 3 is 2.55 bits per heavy atom. The van der Waals surface area contributed by atoms with Gasteiger partial charge in [-0.25, -0.2) is 0 Å². The van der Waals surface area contributed by atoms with Crippen molar-refractivity contribution in [3.05, 3.63) is 29.8 Å². The number of unbranched alkanes of at least 4 members (excludes halogenated alkanes) is 2. The van der Waals surface area contributed by atoms with E-state index in [-0.39, 0.29) is 17.9 Å². The van der Waals surface area contributed by atoms with E-state index in [2.05, 4.69) is 39.1 Å². The van der Waals surface area contributed by atoms with E-state index in [0.717, 1.165) is 37.1 Å². The van der Waals surface area contributed by atoms with Gasteiger partial charge in [0.2, 0.25) is 0 Å². The highest BCUT2D eigenvalue weighted by Gasteiger charge is 2.18. The summed E-state index contributed by atoms with van der Waals surface area (Å²) in [5.41, 5.74) is 1.13. The van der Waals surface area contributed by atoms with Gasteiger partial charge in [0.1, 0.15) is 5.75 Å². The summed E-state index contributed by atoms with van der Waals surface area (Å²) in [5, 5.41) is 2.88. The summed E-state index contributed by atoms with van der Waals surface area (Å²) in [7, 11) is 0. The van der Waals surface area contributed by atoms with Gasteiger partial charge in [-0.15, -0.1) is 0 Å². The second kappa shape index (κ2) is 7.93. The van der Waals surface area contributed by atoms with Crippen LogP contribution in [-0.4, -0.2) is 19.1 Å². The summed E-state index contributed by atoms with van der Waals surface area (Å²) in [5.74, 6) is 0.744. The Balaban J connectivity index is 2.48. The molecule has 0 aliphatic heterocycles. The molecule has 3 heteroatoms. The van der Waals surface area contributed by atoms with Crippen molar-refractivity contribution >= 4 is 5.91 Å². The van der Waals surface area contributed by atoms with Gasteiger partial charge in [0.05, 0.1) is 0 Å². The van der Waals surface area contributed by atoms with Gasteiger partial charge < -0.3 is 10.1 Å². The van der Waals surface area contributed by atoms with Crippen LogP contribution in [0.1, 0.15) is 52.5 Å². The molecule has 0 aromatic heterocycles. The minimum atomic E-state index is -0.0511. The molecule has 0 fully saturated rings. The molecule has 1 aromatic rings. The third-order valence-electron chi connectivity index (χ3n) is 3.16. The lowest BCUT2D eigenvalue weighted by molar-refractivity contribution is -0.123. The van der Waals surface area contributed by atoms with E-state index in [4.69, 9.17) is 4.74 Å². The zero-order valence-corrected chi connectivity index (χ0v) is 13.2. The topological polar surface area (TPSA) is 38.3 Å². The van der Waals surface area contributed by atoms with Gasteiger partial charge in [0, 0.05) is 6.54 Å². The van der Waals surface area contributed by atoms with Crippen LogP contribution >= 0.6 is 0 Å². The molecule has 0 spiro atoms. The largest absolute Gasteiger partial charge is 0.483 e. The average molecular weight is 277 g/mol. The fraction of sp³-hybridized carbons (Fsp3) is 0.588. The van der Waals surface area contributed by atoms with Crippen LogP contribution in [0.15, 0.2) is 24.3 Å². The Bertz CT molecular complexity index is 421. The van der Waals surface area contributed by atoms with E-state index in [1.54, 1.807) is 0 Å². The Kier molecular flexibility index (Phi) is 6.56. The molecule has 0 aliphatic rings. The highest BCUT2D eigenvalue weighted by molar-refractivity contribution is 5.77. The van der Waals surface area contributed by atoms with E-state index < -0.39 is 0 Å². The number of rotatable bonds is 7. The molecule has 0 saturated heterocycles. The van der Waals surface area contributed by atoms with Gasteiger partial charge in [-0.05, 0) is 23.5 Å². The summed E-state index contributed by atoms with van der Waals surface area (Å²) in [6.07, 6.45) is 3.33. The standard InChI is InChI=1S/C17H27NO2/c1-5-6-9-12-18-16(19)13-20-15-11-8-7-10-14(15)17(2,3)4/h7-8,10-11H,5-6,9,12-13H2,1-4H3,(H,18,19). The number of carbonyl (C=O) groups is 1. The summed E-state index contributed by atoms with van der Waals surface area (Å²) in [6, 6.07) is 7.90. The van der Waals surface area contributed by atoms with Crippen molar-refractivity contribution in [3.63, 3.8) is 0 Å². The Morgan fingerprint density at radius 2 is 1.90 bits per heavy atom. The summed E-state index contributed by atoms with van der Waals surface area (Å²) in [4.78, 5) is 11.7. The quantitative estimate of drug-likeness (QED) is 0.772. The van der Waals surface area contributed by atoms with E-state index in [0.29, 0.717) is 0 Å². The molecule has 1 N–H and O–H groups in total. The first kappa shape index (κ1) is 16.5. The highest BCUT2D eigenvalue weighted by Crippen LogP contribution is 2.30. The van der Waals surface area contributed by atoms with Crippen molar-refractivity contribution in [1.82, 2.24) is 5.32 Å². The predicted molar refractivity (Wildman–Crippen MR) is 83.2 cm³/mol. The lowest BCUT2D eigenvalue weighted by Crippen LogP contribution is -2.30. The Morgan fingerprint density at radius 1 is 1.20 bits per heavy atom. The van der Waals surface area contributed by atoms with Gasteiger partial charge in [-0.3, -0.25) is 4.79 Å². The SMILES string of the molecule is CCCCCNC(=O)COc1ccccc1C(C)(C)C. The molecule has 20 heavy (non-hydrogen) atoms. The summed E-state index contributed by atoms with van der Waals surface area (Å²) < 4.78 is 5.67. The average Bonchev–Trinajstić information content (AvgIpc) is 2.40. The van der Waals surface area contributed by atoms with Gasteiger partial charge in [0.25, 0.3) is 5.91 Å². The van der Waals surface area contributed by atoms with Crippen molar-refractivity contribution in [1.29, 1.82) is 0 Å². The molecule has 0 atom stereocenters. The second-order valence-corrected chi connectivity index (χ2v) is 6.09. The molecule has 0 aliphatic carbocycles. The van der Waals surface area contributed by atoms with Crippen LogP contribution in [0.3, 0.4) is 0 Å². The van der Waals surface area contributed by atoms with Crippen LogP contribution in [0.5, 0.6) is 5.75 Å². The molecule has 3 nitrogen and oxygen atoms in total. The maximum Gasteiger partial charge on any atom is 0.257 e. The fourth-order valence-corrected chi connectivity index (χ4v) is 2.01. The monoisotopic (exact) mass is 277 g/mol. The van der Waals surface area contributed by atoms with Gasteiger partial charge >= 0.3 is 0 Å². The number of para-hydroxylation sites is 1. The van der Waals surface area contributed by atoms with Crippen molar-refractivity contribution in [2.24, 2.45) is 0 Å². The molecule has 0 unspecified atom stereocenters. The minimum Gasteiger partial charge on any atom is -0.483 e. The number of hydrogen-bond acceptors (Lipinski definition) is 2. The van der Waals surface area contributed by atoms with Crippen molar-refractivity contribution in [3.8, 4) is 5.75 Å². The van der Waals surface area contributed by atoms with Crippen LogP contribution in [0.2, 0.25) is 0 Å². The first-order valence-electron chi connectivity index (χ1n) is 7.44. The third kappa shape index (κ3) is 5.64. The second-order valence-electron chi connectivity index (χ2n) is 6.09. The maximum absolute atomic E-state index is 11.7. The molecule has 0 saturated carbocycles. The lowest BCUT2D eigenvalue weighted by atomic mass is 9.86. The smallest absolute Gasteiger partial charge is 0.257 e. The number of benzene rings is 1. The Hall–Kier alpha value is -1.51. The molecular formula is C17H27NO2. The van der Waals surface area contributed by atoms with Crippen LogP contribution in [0, 0.1) is 0 Å². The van der Waals surface area contributed by atoms with Crippen LogP contribution in [0.4, 0.5) is 0 Å². The van der Waals surface area contributed by atoms with Crippen molar-refractivity contribution in [2.75, 3.05) is 13.2 Å². The fourth-order valence-electron chi connectivity index (χ4n) is 2.01. The van der Waals surface area contributed by atoms with Gasteiger partial charge in [0.15, 0.2) is 6.61 Å². The zero-order chi connectivity index (χ0) is 15.0. The predicted octanol–water partition coefficient (Wildman–Crippen LogP) is 3.67. The normalized spacial score (nSPS) is 11.2. The molecule has 0 radical (unpaired) electrons.